The molecule has 0 N–H and O–H groups in total. The molecule has 0 saturated heterocycles. The second-order valence-electron chi connectivity index (χ2n) is 7.14. The van der Waals surface area contributed by atoms with E-state index in [1.807, 2.05) is 0 Å². The topological polar surface area (TPSA) is 59.1 Å². The van der Waals surface area contributed by atoms with Gasteiger partial charge < -0.3 is 9.47 Å². The fourth-order valence-electron chi connectivity index (χ4n) is 3.58. The number of rotatable bonds is 6. The second kappa shape index (κ2) is 8.77. The maximum Gasteiger partial charge on any atom is 0.206 e. The molecule has 6 nitrogen and oxygen atoms in total. The maximum absolute atomic E-state index is 13.3. The average Bonchev–Trinajstić information content (AvgIpc) is 2.73. The van der Waals surface area contributed by atoms with Gasteiger partial charge in [-0.2, -0.15) is 25.3 Å². The van der Waals surface area contributed by atoms with Crippen molar-refractivity contribution >= 4 is 35.1 Å². The minimum atomic E-state index is -3.64. The van der Waals surface area contributed by atoms with Crippen molar-refractivity contribution in [1.29, 1.82) is 0 Å². The third-order valence-corrected chi connectivity index (χ3v) is 7.26. The molecule has 29 heavy (non-hydrogen) atoms. The highest BCUT2D eigenvalue weighted by molar-refractivity contribution is 7.91. The van der Waals surface area contributed by atoms with Crippen LogP contribution < -0.4 is 9.47 Å². The van der Waals surface area contributed by atoms with E-state index in [-0.39, 0.29) is 9.79 Å². The second-order valence-corrected chi connectivity index (χ2v) is 9.99. The Morgan fingerprint density at radius 1 is 0.793 bits per heavy atom. The highest BCUT2D eigenvalue weighted by Gasteiger charge is 2.25. The first-order valence-electron chi connectivity index (χ1n) is 9.44. The van der Waals surface area contributed by atoms with Crippen molar-refractivity contribution in [3.05, 3.63) is 47.5 Å². The van der Waals surface area contributed by atoms with Crippen LogP contribution >= 0.6 is 25.3 Å². The van der Waals surface area contributed by atoms with E-state index < -0.39 is 9.84 Å². The summed E-state index contributed by atoms with van der Waals surface area (Å²) in [5.41, 5.74) is 1.75. The molecule has 4 rings (SSSR count). The van der Waals surface area contributed by atoms with Crippen LogP contribution in [0.5, 0.6) is 11.5 Å². The number of sulfone groups is 1. The monoisotopic (exact) mass is 452 g/mol. The number of nitrogens with zero attached hydrogens (tertiary/aromatic N) is 2. The van der Waals surface area contributed by atoms with E-state index >= 15 is 0 Å². The van der Waals surface area contributed by atoms with E-state index in [1.54, 1.807) is 36.4 Å². The lowest BCUT2D eigenvalue weighted by Gasteiger charge is -2.29. The van der Waals surface area contributed by atoms with Crippen molar-refractivity contribution in [3.63, 3.8) is 0 Å². The van der Waals surface area contributed by atoms with Gasteiger partial charge in [-0.05, 0) is 36.4 Å². The van der Waals surface area contributed by atoms with Crippen LogP contribution in [-0.4, -0.2) is 56.3 Å². The third-order valence-electron chi connectivity index (χ3n) is 5.11. The Bertz CT molecular complexity index is 924. The van der Waals surface area contributed by atoms with E-state index in [0.717, 1.165) is 47.2 Å². The van der Waals surface area contributed by atoms with Crippen molar-refractivity contribution in [3.8, 4) is 11.5 Å². The first kappa shape index (κ1) is 20.9. The Kier molecular flexibility index (Phi) is 6.31. The number of hydrogen-bond donors (Lipinski definition) is 2. The predicted molar refractivity (Wildman–Crippen MR) is 118 cm³/mol. The number of hydrogen-bond acceptors (Lipinski definition) is 8. The zero-order valence-electron chi connectivity index (χ0n) is 16.0. The van der Waals surface area contributed by atoms with Gasteiger partial charge in [-0.15, -0.1) is 0 Å². The molecule has 0 spiro atoms. The summed E-state index contributed by atoms with van der Waals surface area (Å²) >= 11 is 8.53. The number of fused-ring (bicyclic) bond motifs is 2. The lowest BCUT2D eigenvalue weighted by Crippen LogP contribution is -2.33. The first-order valence-corrected chi connectivity index (χ1v) is 12.2. The van der Waals surface area contributed by atoms with Crippen molar-refractivity contribution in [2.45, 2.75) is 22.9 Å². The Hall–Kier alpha value is -1.39. The Morgan fingerprint density at radius 2 is 1.24 bits per heavy atom. The van der Waals surface area contributed by atoms with E-state index in [4.69, 9.17) is 9.47 Å². The molecule has 0 aromatic heterocycles. The summed E-state index contributed by atoms with van der Waals surface area (Å²) < 4.78 is 38.1. The molecule has 0 unspecified atom stereocenters. The Labute approximate surface area is 182 Å². The number of thiol groups is 2. The summed E-state index contributed by atoms with van der Waals surface area (Å²) in [7, 11) is -3.64. The van der Waals surface area contributed by atoms with Crippen LogP contribution in [0.2, 0.25) is 0 Å². The summed E-state index contributed by atoms with van der Waals surface area (Å²) in [5.74, 6) is 2.91. The molecule has 0 fully saturated rings. The molecule has 2 aliphatic heterocycles. The van der Waals surface area contributed by atoms with Crippen LogP contribution in [0, 0.1) is 0 Å². The highest BCUT2D eigenvalue weighted by Crippen LogP contribution is 2.33. The minimum Gasteiger partial charge on any atom is -0.478 e. The molecule has 0 aliphatic carbocycles. The van der Waals surface area contributed by atoms with Gasteiger partial charge in [-0.1, -0.05) is 0 Å². The van der Waals surface area contributed by atoms with Crippen LogP contribution in [0.1, 0.15) is 11.1 Å². The predicted octanol–water partition coefficient (Wildman–Crippen LogP) is 2.68. The standard InChI is InChI=1S/C20H24N2O4S3/c23-29(24,17-1-3-19-15(9-17)11-21(5-7-27)13-25-19)18-2-4-20-16(10-18)12-22(6-8-28)14-26-20/h1-4,9-10,27-28H,5-8,11-14H2. The van der Waals surface area contributed by atoms with Crippen LogP contribution in [-0.2, 0) is 22.9 Å². The van der Waals surface area contributed by atoms with Crippen LogP contribution in [0.3, 0.4) is 0 Å². The van der Waals surface area contributed by atoms with Gasteiger partial charge in [-0.25, -0.2) is 8.42 Å². The summed E-state index contributed by atoms with van der Waals surface area (Å²) in [6, 6.07) is 10.2. The van der Waals surface area contributed by atoms with Gasteiger partial charge in [0.15, 0.2) is 0 Å². The largest absolute Gasteiger partial charge is 0.478 e. The molecule has 9 heteroatoms. The van der Waals surface area contributed by atoms with Gasteiger partial charge in [0.05, 0.1) is 9.79 Å². The quantitative estimate of drug-likeness (QED) is 0.658. The average molecular weight is 453 g/mol. The Morgan fingerprint density at radius 3 is 1.66 bits per heavy atom. The molecule has 0 radical (unpaired) electrons. The molecule has 0 bridgehead atoms. The molecule has 2 aliphatic rings. The summed E-state index contributed by atoms with van der Waals surface area (Å²) in [6.45, 7) is 3.85. The maximum atomic E-state index is 13.3. The van der Waals surface area contributed by atoms with Crippen molar-refractivity contribution in [1.82, 2.24) is 9.80 Å². The Balaban J connectivity index is 1.63. The smallest absolute Gasteiger partial charge is 0.206 e. The van der Waals surface area contributed by atoms with Gasteiger partial charge in [0, 0.05) is 48.8 Å². The molecular weight excluding hydrogens is 428 g/mol. The van der Waals surface area contributed by atoms with Gasteiger partial charge in [0.2, 0.25) is 9.84 Å². The van der Waals surface area contributed by atoms with Crippen LogP contribution in [0.25, 0.3) is 0 Å². The molecule has 0 amide bonds. The molecule has 0 atom stereocenters. The summed E-state index contributed by atoms with van der Waals surface area (Å²) in [5, 5.41) is 0. The van der Waals surface area contributed by atoms with E-state index in [1.165, 1.54) is 0 Å². The highest BCUT2D eigenvalue weighted by atomic mass is 32.2. The van der Waals surface area contributed by atoms with Gasteiger partial charge in [-0.3, -0.25) is 9.80 Å². The van der Waals surface area contributed by atoms with Gasteiger partial charge in [0.1, 0.15) is 25.0 Å². The minimum absolute atomic E-state index is 0.275. The van der Waals surface area contributed by atoms with Gasteiger partial charge in [0.25, 0.3) is 0 Å². The number of benzene rings is 2. The lowest BCUT2D eigenvalue weighted by molar-refractivity contribution is 0.102. The first-order chi connectivity index (χ1) is 14.0. The third kappa shape index (κ3) is 4.39. The fourth-order valence-corrected chi connectivity index (χ4v) is 5.50. The van der Waals surface area contributed by atoms with Crippen LogP contribution in [0.15, 0.2) is 46.2 Å². The normalized spacial score (nSPS) is 17.2. The zero-order chi connectivity index (χ0) is 20.4. The molecule has 2 aromatic carbocycles. The molecular formula is C20H24N2O4S3. The van der Waals surface area contributed by atoms with Crippen LogP contribution in [0.4, 0.5) is 0 Å². The molecule has 2 aromatic rings. The lowest BCUT2D eigenvalue weighted by atomic mass is 10.1. The molecule has 156 valence electrons. The van der Waals surface area contributed by atoms with Gasteiger partial charge >= 0.3 is 0 Å². The summed E-state index contributed by atoms with van der Waals surface area (Å²) in [4.78, 5) is 4.74. The van der Waals surface area contributed by atoms with E-state index in [9.17, 15) is 8.42 Å². The molecule has 2 heterocycles. The van der Waals surface area contributed by atoms with E-state index in [2.05, 4.69) is 35.1 Å². The molecule has 0 saturated carbocycles. The SMILES string of the molecule is O=S(=O)(c1ccc2c(c1)CN(CCS)CO2)c1ccc2c(c1)CN(CCS)CO2. The fraction of sp³-hybridized carbons (Fsp3) is 0.400. The zero-order valence-corrected chi connectivity index (χ0v) is 18.6. The van der Waals surface area contributed by atoms with Crippen molar-refractivity contribution in [2.75, 3.05) is 38.1 Å². The van der Waals surface area contributed by atoms with Crippen molar-refractivity contribution in [2.24, 2.45) is 0 Å². The number of ether oxygens (including phenoxy) is 2. The summed E-state index contributed by atoms with van der Waals surface area (Å²) in [6.07, 6.45) is 0. The van der Waals surface area contributed by atoms with Crippen molar-refractivity contribution < 1.29 is 17.9 Å². The van der Waals surface area contributed by atoms with E-state index in [0.29, 0.717) is 26.6 Å².